The third-order valence-corrected chi connectivity index (χ3v) is 6.41. The molecule has 0 bridgehead atoms. The zero-order chi connectivity index (χ0) is 21.1. The van der Waals surface area contributed by atoms with E-state index in [1.807, 2.05) is 19.1 Å². The van der Waals surface area contributed by atoms with Crippen LogP contribution in [0.2, 0.25) is 0 Å². The Labute approximate surface area is 208 Å². The number of hydrogen-bond acceptors (Lipinski definition) is 6. The molecule has 1 aliphatic rings. The van der Waals surface area contributed by atoms with Gasteiger partial charge in [-0.2, -0.15) is 8.75 Å². The summed E-state index contributed by atoms with van der Waals surface area (Å²) in [6, 6.07) is 12.4. The molecule has 3 aromatic rings. The normalized spacial score (nSPS) is 15.3. The first-order valence-corrected chi connectivity index (χ1v) is 11.0. The van der Waals surface area contributed by atoms with Gasteiger partial charge in [-0.3, -0.25) is 4.79 Å². The van der Waals surface area contributed by atoms with Crippen LogP contribution in [0.1, 0.15) is 60.0 Å². The Balaban J connectivity index is 0.00000272. The van der Waals surface area contributed by atoms with E-state index in [0.29, 0.717) is 40.1 Å². The number of benzene rings is 2. The molecule has 0 N–H and O–H groups in total. The molecule has 2 aromatic carbocycles. The minimum atomic E-state index is -1.33. The third kappa shape index (κ3) is 5.50. The molecule has 0 atom stereocenters. The first-order chi connectivity index (χ1) is 14.5. The molecule has 1 aliphatic carbocycles. The van der Waals surface area contributed by atoms with Crippen LogP contribution in [0, 0.1) is 12.8 Å². The van der Waals surface area contributed by atoms with Gasteiger partial charge < -0.3 is 9.90 Å². The van der Waals surface area contributed by atoms with Gasteiger partial charge in [-0.25, -0.2) is 0 Å². The Kier molecular flexibility index (Phi) is 8.17. The van der Waals surface area contributed by atoms with Crippen LogP contribution in [0.25, 0.3) is 16.6 Å². The van der Waals surface area contributed by atoms with Gasteiger partial charge in [0.2, 0.25) is 0 Å². The van der Waals surface area contributed by atoms with Gasteiger partial charge in [0, 0.05) is 16.7 Å². The predicted octanol–water partition coefficient (Wildman–Crippen LogP) is 1.36. The molecule has 0 aliphatic heterocycles. The molecule has 7 heteroatoms. The number of aryl methyl sites for hydroxylation is 1. The molecular formula is C24H23N2NaO3S. The maximum absolute atomic E-state index is 13.5. The van der Waals surface area contributed by atoms with Crippen molar-refractivity contribution in [3.8, 4) is 0 Å². The second kappa shape index (κ2) is 10.6. The van der Waals surface area contributed by atoms with Crippen molar-refractivity contribution in [2.24, 2.45) is 5.92 Å². The summed E-state index contributed by atoms with van der Waals surface area (Å²) < 4.78 is 8.40. The first kappa shape index (κ1) is 23.8. The average molecular weight is 443 g/mol. The van der Waals surface area contributed by atoms with Gasteiger partial charge in [-0.1, -0.05) is 68.0 Å². The Morgan fingerprint density at radius 1 is 0.968 bits per heavy atom. The maximum atomic E-state index is 13.5. The van der Waals surface area contributed by atoms with Gasteiger partial charge in [0.25, 0.3) is 0 Å². The monoisotopic (exact) mass is 442 g/mol. The molecule has 31 heavy (non-hydrogen) atoms. The minimum absolute atomic E-state index is 0. The fourth-order valence-electron chi connectivity index (χ4n) is 4.22. The summed E-state index contributed by atoms with van der Waals surface area (Å²) in [4.78, 5) is 25.8. The minimum Gasteiger partial charge on any atom is -0.545 e. The number of aliphatic carboxylic acids is 1. The van der Waals surface area contributed by atoms with Crippen molar-refractivity contribution >= 4 is 40.1 Å². The fraction of sp³-hybridized carbons (Fsp3) is 0.333. The summed E-state index contributed by atoms with van der Waals surface area (Å²) in [6.45, 7) is 1.96. The van der Waals surface area contributed by atoms with Crippen molar-refractivity contribution < 1.29 is 44.3 Å². The summed E-state index contributed by atoms with van der Waals surface area (Å²) in [5.74, 6) is -1.26. The van der Waals surface area contributed by atoms with Crippen LogP contribution in [0.3, 0.4) is 0 Å². The molecule has 1 saturated carbocycles. The average Bonchev–Trinajstić information content (AvgIpc) is 3.22. The Bertz CT molecular complexity index is 1120. The molecule has 1 fully saturated rings. The van der Waals surface area contributed by atoms with Crippen LogP contribution in [0.4, 0.5) is 0 Å². The number of nitrogens with zero attached hydrogens (tertiary/aromatic N) is 2. The molecule has 154 valence electrons. The van der Waals surface area contributed by atoms with E-state index in [0.717, 1.165) is 43.0 Å². The van der Waals surface area contributed by atoms with E-state index < -0.39 is 5.97 Å². The van der Waals surface area contributed by atoms with Crippen LogP contribution >= 0.6 is 11.7 Å². The van der Waals surface area contributed by atoms with E-state index >= 15 is 0 Å². The summed E-state index contributed by atoms with van der Waals surface area (Å²) in [5, 5.41) is 12.3. The van der Waals surface area contributed by atoms with E-state index in [9.17, 15) is 14.7 Å². The van der Waals surface area contributed by atoms with E-state index in [4.69, 9.17) is 0 Å². The number of carboxylic acid groups (broad SMARTS) is 1. The summed E-state index contributed by atoms with van der Waals surface area (Å²) in [6.07, 6.45) is 5.91. The number of allylic oxidation sites excluding steroid dienone is 1. The third-order valence-electron chi connectivity index (χ3n) is 5.85. The number of carboxylic acids is 1. The van der Waals surface area contributed by atoms with Crippen LogP contribution in [-0.2, 0) is 4.79 Å². The van der Waals surface area contributed by atoms with Crippen molar-refractivity contribution in [2.75, 3.05) is 0 Å². The van der Waals surface area contributed by atoms with Crippen LogP contribution in [-0.4, -0.2) is 20.5 Å². The maximum Gasteiger partial charge on any atom is 1.00 e. The van der Waals surface area contributed by atoms with Crippen LogP contribution in [0.15, 0.2) is 48.0 Å². The fourth-order valence-corrected chi connectivity index (χ4v) is 4.74. The Hall–Kier alpha value is -1.86. The predicted molar refractivity (Wildman–Crippen MR) is 116 cm³/mol. The van der Waals surface area contributed by atoms with Crippen molar-refractivity contribution in [3.63, 3.8) is 0 Å². The molecule has 0 saturated heterocycles. The van der Waals surface area contributed by atoms with Gasteiger partial charge >= 0.3 is 29.6 Å². The molecule has 0 amide bonds. The number of hydrogen-bond donors (Lipinski definition) is 0. The zero-order valence-corrected chi connectivity index (χ0v) is 20.7. The Morgan fingerprint density at radius 2 is 1.61 bits per heavy atom. The zero-order valence-electron chi connectivity index (χ0n) is 17.9. The van der Waals surface area contributed by atoms with Crippen molar-refractivity contribution in [3.05, 3.63) is 64.7 Å². The SMILES string of the molecule is Cc1ccc(C(=O)/C(CC2CCCCC2)=C(/C(=O)[O-])c2ccc3nsnc3c2)cc1.[Na+]. The van der Waals surface area contributed by atoms with Gasteiger partial charge in [0.05, 0.1) is 17.7 Å². The van der Waals surface area contributed by atoms with Crippen molar-refractivity contribution in [1.29, 1.82) is 0 Å². The molecule has 0 unspecified atom stereocenters. The number of carbonyl (C=O) groups excluding carboxylic acids is 2. The summed E-state index contributed by atoms with van der Waals surface area (Å²) >= 11 is 1.08. The number of rotatable bonds is 6. The smallest absolute Gasteiger partial charge is 0.545 e. The van der Waals surface area contributed by atoms with E-state index in [1.165, 1.54) is 6.42 Å². The van der Waals surface area contributed by atoms with Gasteiger partial charge in [0.1, 0.15) is 11.0 Å². The van der Waals surface area contributed by atoms with Crippen molar-refractivity contribution in [2.45, 2.75) is 45.4 Å². The van der Waals surface area contributed by atoms with E-state index in [1.54, 1.807) is 30.3 Å². The molecule has 0 spiro atoms. The largest absolute Gasteiger partial charge is 1.00 e. The summed E-state index contributed by atoms with van der Waals surface area (Å²) in [7, 11) is 0. The second-order valence-electron chi connectivity index (χ2n) is 8.01. The van der Waals surface area contributed by atoms with E-state index in [2.05, 4.69) is 8.75 Å². The number of fused-ring (bicyclic) bond motifs is 1. The summed E-state index contributed by atoms with van der Waals surface area (Å²) in [5.41, 5.74) is 3.62. The first-order valence-electron chi connectivity index (χ1n) is 10.3. The molecule has 1 aromatic heterocycles. The number of ketones is 1. The topological polar surface area (TPSA) is 83.0 Å². The standard InChI is InChI=1S/C24H24N2O3S.Na/c1-15-7-9-17(10-8-15)23(27)19(13-16-5-3-2-4-6-16)22(24(28)29)18-11-12-20-21(14-18)26-30-25-20;/h7-12,14,16H,2-6,13H2,1H3,(H,28,29);/q;+1/p-1/b22-19+;. The quantitative estimate of drug-likeness (QED) is 0.327. The van der Waals surface area contributed by atoms with Gasteiger partial charge in [-0.05, 0) is 37.0 Å². The molecule has 4 rings (SSSR count). The number of carbonyl (C=O) groups is 2. The van der Waals surface area contributed by atoms with Gasteiger partial charge in [0.15, 0.2) is 5.78 Å². The second-order valence-corrected chi connectivity index (χ2v) is 8.54. The van der Waals surface area contributed by atoms with Gasteiger partial charge in [-0.15, -0.1) is 0 Å². The van der Waals surface area contributed by atoms with E-state index in [-0.39, 0.29) is 40.9 Å². The molecule has 5 nitrogen and oxygen atoms in total. The Morgan fingerprint density at radius 3 is 2.29 bits per heavy atom. The van der Waals surface area contributed by atoms with Crippen LogP contribution in [0.5, 0.6) is 0 Å². The number of aromatic nitrogens is 2. The molecule has 1 heterocycles. The number of Topliss-reactive ketones (excluding diaryl/α,β-unsaturated/α-hetero) is 1. The molecular weight excluding hydrogens is 419 g/mol. The molecule has 0 radical (unpaired) electrons. The van der Waals surface area contributed by atoms with Crippen molar-refractivity contribution in [1.82, 2.24) is 8.75 Å². The van der Waals surface area contributed by atoms with Crippen LogP contribution < -0.4 is 34.7 Å².